The predicted octanol–water partition coefficient (Wildman–Crippen LogP) is -2.92. The maximum Gasteiger partial charge on any atom is 0.327 e. The van der Waals surface area contributed by atoms with Gasteiger partial charge in [-0.05, 0) is 19.3 Å². The lowest BCUT2D eigenvalue weighted by Gasteiger charge is -2.26. The normalized spacial score (nSPS) is 16.0. The van der Waals surface area contributed by atoms with E-state index in [1.807, 2.05) is 0 Å². The lowest BCUT2D eigenvalue weighted by molar-refractivity contribution is -0.142. The van der Waals surface area contributed by atoms with E-state index in [4.69, 9.17) is 16.6 Å². The summed E-state index contributed by atoms with van der Waals surface area (Å²) < 4.78 is 0. The van der Waals surface area contributed by atoms with Gasteiger partial charge in [0.2, 0.25) is 23.6 Å². The van der Waals surface area contributed by atoms with Crippen LogP contribution in [-0.4, -0.2) is 75.8 Å². The van der Waals surface area contributed by atoms with Crippen LogP contribution in [0.25, 0.3) is 0 Å². The molecule has 0 bridgehead atoms. The highest BCUT2D eigenvalue weighted by molar-refractivity contribution is 7.80. The molecule has 0 rings (SSSR count). The molecule has 30 heavy (non-hydrogen) atoms. The average Bonchev–Trinajstić information content (AvgIpc) is 2.65. The number of rotatable bonds is 13. The molecule has 12 nitrogen and oxygen atoms in total. The van der Waals surface area contributed by atoms with Gasteiger partial charge in [0.1, 0.15) is 18.1 Å². The van der Waals surface area contributed by atoms with Gasteiger partial charge in [-0.3, -0.25) is 19.2 Å². The van der Waals surface area contributed by atoms with Crippen LogP contribution < -0.4 is 27.4 Å². The number of aliphatic carboxylic acids is 1. The molecule has 5 atom stereocenters. The second-order valence-electron chi connectivity index (χ2n) is 7.14. The highest BCUT2D eigenvalue weighted by Gasteiger charge is 2.32. The van der Waals surface area contributed by atoms with E-state index in [-0.39, 0.29) is 24.5 Å². The summed E-state index contributed by atoms with van der Waals surface area (Å²) in [5.74, 6) is -5.00. The zero-order valence-corrected chi connectivity index (χ0v) is 18.0. The van der Waals surface area contributed by atoms with E-state index in [1.165, 1.54) is 6.92 Å². The first-order valence-corrected chi connectivity index (χ1v) is 9.91. The molecule has 0 spiro atoms. The SMILES string of the molecule is CC(C)C(N)C(=O)NC(C(=O)NC(CCC(N)=O)C(=O)NC(CS)C(=O)O)C(C)O. The van der Waals surface area contributed by atoms with Crippen LogP contribution in [0, 0.1) is 5.92 Å². The number of nitrogens with one attached hydrogen (secondary N) is 3. The Kier molecular flexibility index (Phi) is 12.0. The molecule has 0 saturated heterocycles. The second kappa shape index (κ2) is 13.0. The summed E-state index contributed by atoms with van der Waals surface area (Å²) in [7, 11) is 0. The van der Waals surface area contributed by atoms with Gasteiger partial charge in [-0.1, -0.05) is 13.8 Å². The minimum atomic E-state index is -1.44. The van der Waals surface area contributed by atoms with Crippen LogP contribution in [-0.2, 0) is 24.0 Å². The van der Waals surface area contributed by atoms with Crippen molar-refractivity contribution in [1.82, 2.24) is 16.0 Å². The number of carboxylic acids is 1. The molecule has 0 aromatic heterocycles. The molecule has 5 unspecified atom stereocenters. The maximum absolute atomic E-state index is 12.6. The number of carboxylic acid groups (broad SMARTS) is 1. The van der Waals surface area contributed by atoms with Gasteiger partial charge < -0.3 is 37.6 Å². The fourth-order valence-electron chi connectivity index (χ4n) is 2.23. The number of aliphatic hydroxyl groups excluding tert-OH is 1. The summed E-state index contributed by atoms with van der Waals surface area (Å²) in [6, 6.07) is -5.04. The van der Waals surface area contributed by atoms with Gasteiger partial charge in [0.15, 0.2) is 0 Å². The smallest absolute Gasteiger partial charge is 0.327 e. The first-order chi connectivity index (χ1) is 13.8. The fourth-order valence-corrected chi connectivity index (χ4v) is 2.48. The minimum absolute atomic E-state index is 0.211. The zero-order valence-electron chi connectivity index (χ0n) is 17.1. The Labute approximate surface area is 179 Å². The van der Waals surface area contributed by atoms with Crippen LogP contribution in [0.3, 0.4) is 0 Å². The van der Waals surface area contributed by atoms with Gasteiger partial charge in [0.25, 0.3) is 0 Å². The molecule has 0 aliphatic rings. The van der Waals surface area contributed by atoms with E-state index < -0.39 is 59.9 Å². The number of hydrogen-bond acceptors (Lipinski definition) is 8. The van der Waals surface area contributed by atoms with Crippen LogP contribution in [0.15, 0.2) is 0 Å². The third-order valence-corrected chi connectivity index (χ3v) is 4.56. The zero-order chi connectivity index (χ0) is 23.6. The van der Waals surface area contributed by atoms with Gasteiger partial charge in [-0.15, -0.1) is 0 Å². The van der Waals surface area contributed by atoms with E-state index in [2.05, 4.69) is 28.6 Å². The summed E-state index contributed by atoms with van der Waals surface area (Å²) in [5, 5.41) is 25.8. The lowest BCUT2D eigenvalue weighted by Crippen LogP contribution is -2.60. The molecule has 0 aliphatic heterocycles. The van der Waals surface area contributed by atoms with E-state index in [0.29, 0.717) is 0 Å². The van der Waals surface area contributed by atoms with E-state index >= 15 is 0 Å². The Morgan fingerprint density at radius 1 is 0.933 bits per heavy atom. The molecule has 172 valence electrons. The van der Waals surface area contributed by atoms with Gasteiger partial charge in [0, 0.05) is 12.2 Å². The topological polar surface area (TPSA) is 214 Å². The van der Waals surface area contributed by atoms with Gasteiger partial charge >= 0.3 is 5.97 Å². The molecule has 0 aromatic rings. The molecule has 13 heteroatoms. The number of carbonyl (C=O) groups is 5. The van der Waals surface area contributed by atoms with Crippen molar-refractivity contribution in [3.8, 4) is 0 Å². The van der Waals surface area contributed by atoms with Crippen LogP contribution in [0.4, 0.5) is 0 Å². The number of aliphatic hydroxyl groups is 1. The lowest BCUT2D eigenvalue weighted by atomic mass is 10.0. The Balaban J connectivity index is 5.42. The molecule has 0 saturated carbocycles. The average molecular weight is 450 g/mol. The molecule has 0 fully saturated rings. The molecule has 4 amide bonds. The van der Waals surface area contributed by atoms with Crippen molar-refractivity contribution >= 4 is 42.2 Å². The van der Waals surface area contributed by atoms with Crippen molar-refractivity contribution in [2.45, 2.75) is 63.9 Å². The van der Waals surface area contributed by atoms with Crippen LogP contribution >= 0.6 is 12.6 Å². The van der Waals surface area contributed by atoms with Crippen molar-refractivity contribution in [3.05, 3.63) is 0 Å². The molecule has 0 radical (unpaired) electrons. The Hall–Kier alpha value is -2.38. The number of nitrogens with two attached hydrogens (primary N) is 2. The summed E-state index contributed by atoms with van der Waals surface area (Å²) in [6.45, 7) is 4.66. The van der Waals surface area contributed by atoms with Gasteiger partial charge in [0.05, 0.1) is 12.1 Å². The summed E-state index contributed by atoms with van der Waals surface area (Å²) >= 11 is 3.84. The Morgan fingerprint density at radius 2 is 1.47 bits per heavy atom. The van der Waals surface area contributed by atoms with E-state index in [1.54, 1.807) is 13.8 Å². The molecule has 0 heterocycles. The maximum atomic E-state index is 12.6. The Morgan fingerprint density at radius 3 is 1.87 bits per heavy atom. The third kappa shape index (κ3) is 9.41. The number of amides is 4. The molecule has 0 aliphatic carbocycles. The highest BCUT2D eigenvalue weighted by atomic mass is 32.1. The minimum Gasteiger partial charge on any atom is -0.480 e. The van der Waals surface area contributed by atoms with E-state index in [0.717, 1.165) is 0 Å². The van der Waals surface area contributed by atoms with Crippen molar-refractivity contribution in [3.63, 3.8) is 0 Å². The predicted molar refractivity (Wildman–Crippen MR) is 110 cm³/mol. The molecule has 0 aromatic carbocycles. The van der Waals surface area contributed by atoms with Crippen molar-refractivity contribution in [1.29, 1.82) is 0 Å². The summed E-state index contributed by atoms with van der Waals surface area (Å²) in [4.78, 5) is 59.4. The first-order valence-electron chi connectivity index (χ1n) is 9.28. The van der Waals surface area contributed by atoms with Gasteiger partial charge in [-0.2, -0.15) is 12.6 Å². The molecular formula is C17H31N5O7S. The standard InChI is InChI=1S/C17H31N5O7S/c1-7(2)12(19)15(26)22-13(8(3)23)16(27)20-9(4-5-11(18)24)14(25)21-10(6-30)17(28)29/h7-10,12-13,23,30H,4-6,19H2,1-3H3,(H2,18,24)(H,20,27)(H,21,25)(H,22,26)(H,28,29). The fraction of sp³-hybridized carbons (Fsp3) is 0.706. The third-order valence-electron chi connectivity index (χ3n) is 4.19. The number of carbonyl (C=O) groups excluding carboxylic acids is 4. The summed E-state index contributed by atoms with van der Waals surface area (Å²) in [5.41, 5.74) is 10.8. The monoisotopic (exact) mass is 449 g/mol. The molecule has 9 N–H and O–H groups in total. The second-order valence-corrected chi connectivity index (χ2v) is 7.51. The number of hydrogen-bond donors (Lipinski definition) is 8. The van der Waals surface area contributed by atoms with Crippen LogP contribution in [0.5, 0.6) is 0 Å². The summed E-state index contributed by atoms with van der Waals surface area (Å²) in [6.07, 6.45) is -1.84. The largest absolute Gasteiger partial charge is 0.480 e. The number of primary amides is 1. The van der Waals surface area contributed by atoms with Crippen LogP contribution in [0.1, 0.15) is 33.6 Å². The number of thiol groups is 1. The van der Waals surface area contributed by atoms with E-state index in [9.17, 15) is 29.1 Å². The van der Waals surface area contributed by atoms with Crippen LogP contribution in [0.2, 0.25) is 0 Å². The Bertz CT molecular complexity index is 644. The quantitative estimate of drug-likeness (QED) is 0.136. The molecular weight excluding hydrogens is 418 g/mol. The van der Waals surface area contributed by atoms with Gasteiger partial charge in [-0.25, -0.2) is 4.79 Å². The van der Waals surface area contributed by atoms with Crippen molar-refractivity contribution in [2.75, 3.05) is 5.75 Å². The first kappa shape index (κ1) is 27.6. The van der Waals surface area contributed by atoms with Crippen molar-refractivity contribution in [2.24, 2.45) is 17.4 Å². The van der Waals surface area contributed by atoms with Crippen molar-refractivity contribution < 1.29 is 34.2 Å². The highest BCUT2D eigenvalue weighted by Crippen LogP contribution is 2.04.